The zero-order valence-corrected chi connectivity index (χ0v) is 28.7. The maximum atomic E-state index is 4.81. The number of aromatic nitrogens is 2. The number of nitrogens with one attached hydrogen (secondary N) is 1. The molecule has 238 valence electrons. The highest BCUT2D eigenvalue weighted by Gasteiger charge is 2.45. The summed E-state index contributed by atoms with van der Waals surface area (Å²) in [5.41, 5.74) is 12.1. The maximum absolute atomic E-state index is 4.81. The molecule has 6 rings (SSSR count). The van der Waals surface area contributed by atoms with Gasteiger partial charge in [0.25, 0.3) is 0 Å². The van der Waals surface area contributed by atoms with Crippen LogP contribution in [0.2, 0.25) is 0 Å². The van der Waals surface area contributed by atoms with Crippen molar-refractivity contribution in [3.05, 3.63) is 125 Å². The highest BCUT2D eigenvalue weighted by molar-refractivity contribution is 5.84. The third-order valence-corrected chi connectivity index (χ3v) is 10.2. The van der Waals surface area contributed by atoms with E-state index < -0.39 is 0 Å². The van der Waals surface area contributed by atoms with E-state index >= 15 is 0 Å². The maximum Gasteiger partial charge on any atom is 0.157 e. The first-order valence-electron chi connectivity index (χ1n) is 16.7. The SMILES string of the molecule is CCC1c2ccccc2/C=C(/C2N(C)c3ncncc3N2c2ccccc2C)C(CC)(CC)N/C=C\N1c1c(C)cc(C)cc1C. The molecule has 0 fully saturated rings. The highest BCUT2D eigenvalue weighted by Crippen LogP contribution is 2.48. The minimum absolute atomic E-state index is 0.112. The van der Waals surface area contributed by atoms with E-state index in [0.29, 0.717) is 0 Å². The summed E-state index contributed by atoms with van der Waals surface area (Å²) in [5.74, 6) is 0.939. The summed E-state index contributed by atoms with van der Waals surface area (Å²) >= 11 is 0. The summed E-state index contributed by atoms with van der Waals surface area (Å²) in [5, 5.41) is 4.01. The highest BCUT2D eigenvalue weighted by atomic mass is 15.4. The fraction of sp³-hybridized carbons (Fsp3) is 0.350. The van der Waals surface area contributed by atoms with Crippen LogP contribution in [0.15, 0.2) is 91.2 Å². The predicted molar refractivity (Wildman–Crippen MR) is 194 cm³/mol. The number of para-hydroxylation sites is 1. The van der Waals surface area contributed by atoms with Crippen molar-refractivity contribution in [2.75, 3.05) is 21.7 Å². The molecule has 46 heavy (non-hydrogen) atoms. The second-order valence-corrected chi connectivity index (χ2v) is 12.9. The van der Waals surface area contributed by atoms with Crippen molar-refractivity contribution in [3.63, 3.8) is 0 Å². The number of nitrogens with zero attached hydrogens (tertiary/aromatic N) is 5. The van der Waals surface area contributed by atoms with Gasteiger partial charge in [-0.15, -0.1) is 0 Å². The molecule has 0 saturated carbocycles. The molecule has 6 heteroatoms. The Hall–Kier alpha value is -4.58. The lowest BCUT2D eigenvalue weighted by atomic mass is 9.79. The van der Waals surface area contributed by atoms with Crippen LogP contribution in [0.25, 0.3) is 6.08 Å². The molecule has 2 unspecified atom stereocenters. The quantitative estimate of drug-likeness (QED) is 0.234. The van der Waals surface area contributed by atoms with Gasteiger partial charge in [-0.2, -0.15) is 0 Å². The summed E-state index contributed by atoms with van der Waals surface area (Å²) in [4.78, 5) is 16.6. The Morgan fingerprint density at radius 3 is 2.24 bits per heavy atom. The van der Waals surface area contributed by atoms with Crippen LogP contribution in [0.1, 0.15) is 79.5 Å². The largest absolute Gasteiger partial charge is 0.380 e. The van der Waals surface area contributed by atoms with Crippen molar-refractivity contribution in [3.8, 4) is 0 Å². The second-order valence-electron chi connectivity index (χ2n) is 12.9. The molecule has 3 heterocycles. The van der Waals surface area contributed by atoms with Gasteiger partial charge in [0, 0.05) is 30.8 Å². The van der Waals surface area contributed by atoms with Crippen molar-refractivity contribution in [1.82, 2.24) is 15.3 Å². The lowest BCUT2D eigenvalue weighted by Gasteiger charge is -2.44. The van der Waals surface area contributed by atoms with Crippen molar-refractivity contribution in [2.24, 2.45) is 0 Å². The second kappa shape index (κ2) is 12.7. The first kappa shape index (κ1) is 31.4. The standard InChI is InChI=1S/C40H48N6/c1-9-34-32-18-14-13-17-31(32)24-33(39-44(8)38-36(25-41-26-42-38)46(39)35-19-15-12-16-28(35)5)40(10-2,11-3)43-20-21-45(34)37-29(6)22-27(4)23-30(37)7/h12-26,34,39,43H,9-11H2,1-8H3/b21-20-,33-24-. The molecule has 0 aliphatic carbocycles. The van der Waals surface area contributed by atoms with Crippen LogP contribution in [0.3, 0.4) is 0 Å². The molecule has 2 atom stereocenters. The minimum Gasteiger partial charge on any atom is -0.380 e. The molecule has 2 aliphatic rings. The van der Waals surface area contributed by atoms with E-state index in [-0.39, 0.29) is 17.7 Å². The number of benzene rings is 3. The van der Waals surface area contributed by atoms with Crippen LogP contribution in [0.5, 0.6) is 0 Å². The lowest BCUT2D eigenvalue weighted by molar-refractivity contribution is 0.380. The molecule has 2 aliphatic heterocycles. The van der Waals surface area contributed by atoms with Gasteiger partial charge in [-0.1, -0.05) is 80.9 Å². The van der Waals surface area contributed by atoms with Gasteiger partial charge in [0.1, 0.15) is 18.2 Å². The lowest BCUT2D eigenvalue weighted by Crippen LogP contribution is -2.53. The van der Waals surface area contributed by atoms with Crippen LogP contribution in [0.4, 0.5) is 22.9 Å². The van der Waals surface area contributed by atoms with E-state index in [0.717, 1.165) is 30.8 Å². The Kier molecular flexibility index (Phi) is 8.65. The van der Waals surface area contributed by atoms with E-state index in [1.54, 1.807) is 6.33 Å². The van der Waals surface area contributed by atoms with Gasteiger partial charge < -0.3 is 20.0 Å². The minimum atomic E-state index is -0.332. The molecular formula is C40H48N6. The summed E-state index contributed by atoms with van der Waals surface area (Å²) in [7, 11) is 2.17. The number of hydrogen-bond donors (Lipinski definition) is 1. The van der Waals surface area contributed by atoms with Crippen LogP contribution >= 0.6 is 0 Å². The Morgan fingerprint density at radius 2 is 1.54 bits per heavy atom. The van der Waals surface area contributed by atoms with E-state index in [1.807, 2.05) is 6.20 Å². The summed E-state index contributed by atoms with van der Waals surface area (Å²) < 4.78 is 0. The molecule has 0 radical (unpaired) electrons. The van der Waals surface area contributed by atoms with Gasteiger partial charge in [0.15, 0.2) is 5.82 Å². The third-order valence-electron chi connectivity index (χ3n) is 10.2. The van der Waals surface area contributed by atoms with Crippen molar-refractivity contribution in [2.45, 2.75) is 85.5 Å². The number of rotatable bonds is 6. The molecule has 1 aromatic heterocycles. The first-order chi connectivity index (χ1) is 22.2. The zero-order valence-electron chi connectivity index (χ0n) is 28.7. The van der Waals surface area contributed by atoms with E-state index in [4.69, 9.17) is 4.98 Å². The van der Waals surface area contributed by atoms with Gasteiger partial charge in [0.05, 0.1) is 17.8 Å². The normalized spacial score (nSPS) is 20.8. The van der Waals surface area contributed by atoms with Crippen LogP contribution in [-0.4, -0.2) is 28.7 Å². The van der Waals surface area contributed by atoms with Gasteiger partial charge in [-0.25, -0.2) is 9.97 Å². The van der Waals surface area contributed by atoms with Crippen molar-refractivity contribution in [1.29, 1.82) is 0 Å². The summed E-state index contributed by atoms with van der Waals surface area (Å²) in [6.07, 6.45) is 13.3. The molecular weight excluding hydrogens is 564 g/mol. The molecule has 0 amide bonds. The van der Waals surface area contributed by atoms with Gasteiger partial charge in [-0.05, 0) is 92.5 Å². The Bertz CT molecular complexity index is 1760. The fourth-order valence-electron chi connectivity index (χ4n) is 7.90. The van der Waals surface area contributed by atoms with Crippen molar-refractivity contribution >= 4 is 29.0 Å². The monoisotopic (exact) mass is 612 g/mol. The number of anilines is 4. The number of aryl methyl sites for hydroxylation is 4. The van der Waals surface area contributed by atoms with E-state index in [9.17, 15) is 0 Å². The van der Waals surface area contributed by atoms with E-state index in [1.165, 1.54) is 50.3 Å². The third kappa shape index (κ3) is 5.24. The topological polar surface area (TPSA) is 47.5 Å². The fourth-order valence-corrected chi connectivity index (χ4v) is 7.90. The predicted octanol–water partition coefficient (Wildman–Crippen LogP) is 9.30. The Labute approximate surface area is 275 Å². The number of likely N-dealkylation sites (N-methyl/N-ethyl adjacent to an activating group) is 1. The van der Waals surface area contributed by atoms with Crippen LogP contribution in [0, 0.1) is 27.7 Å². The van der Waals surface area contributed by atoms with Crippen molar-refractivity contribution < 1.29 is 0 Å². The molecule has 3 aromatic carbocycles. The zero-order chi connectivity index (χ0) is 32.6. The van der Waals surface area contributed by atoms with Gasteiger partial charge in [0.2, 0.25) is 0 Å². The molecule has 6 nitrogen and oxygen atoms in total. The summed E-state index contributed by atoms with van der Waals surface area (Å²) in [6, 6.07) is 22.4. The molecule has 1 N–H and O–H groups in total. The Morgan fingerprint density at radius 1 is 0.848 bits per heavy atom. The van der Waals surface area contributed by atoms with E-state index in [2.05, 4.69) is 160 Å². The molecule has 4 aromatic rings. The van der Waals surface area contributed by atoms with Gasteiger partial charge in [-0.3, -0.25) is 0 Å². The number of fused-ring (bicyclic) bond motifs is 2. The average molecular weight is 613 g/mol. The van der Waals surface area contributed by atoms with Crippen LogP contribution < -0.4 is 20.0 Å². The van der Waals surface area contributed by atoms with Gasteiger partial charge >= 0.3 is 0 Å². The molecule has 0 saturated heterocycles. The molecule has 0 bridgehead atoms. The Balaban J connectivity index is 1.62. The molecule has 0 spiro atoms. The average Bonchev–Trinajstić information content (AvgIpc) is 3.34. The summed E-state index contributed by atoms with van der Waals surface area (Å²) in [6.45, 7) is 15.8. The van der Waals surface area contributed by atoms with Crippen LogP contribution in [-0.2, 0) is 0 Å². The first-order valence-corrected chi connectivity index (χ1v) is 16.7. The smallest absolute Gasteiger partial charge is 0.157 e. The number of hydrogen-bond acceptors (Lipinski definition) is 6.